The quantitative estimate of drug-likeness (QED) is 0.891. The molecular formula is C19H24N4O3. The lowest BCUT2D eigenvalue weighted by Gasteiger charge is -2.23. The number of ether oxygens (including phenoxy) is 2. The molecule has 1 saturated carbocycles. The highest BCUT2D eigenvalue weighted by molar-refractivity contribution is 5.94. The van der Waals surface area contributed by atoms with Gasteiger partial charge in [0.15, 0.2) is 0 Å². The molecule has 0 bridgehead atoms. The Morgan fingerprint density at radius 3 is 2.73 bits per heavy atom. The van der Waals surface area contributed by atoms with Crippen LogP contribution in [-0.4, -0.2) is 51.6 Å². The van der Waals surface area contributed by atoms with E-state index in [0.717, 1.165) is 25.1 Å². The average molecular weight is 356 g/mol. The van der Waals surface area contributed by atoms with Crippen molar-refractivity contribution < 1.29 is 14.3 Å². The van der Waals surface area contributed by atoms with Crippen LogP contribution in [-0.2, 0) is 4.74 Å². The average Bonchev–Trinajstić information content (AvgIpc) is 3.42. The first-order chi connectivity index (χ1) is 12.7. The number of hydrogen-bond donors (Lipinski definition) is 1. The van der Waals surface area contributed by atoms with Crippen LogP contribution in [0, 0.1) is 0 Å². The van der Waals surface area contributed by atoms with E-state index < -0.39 is 0 Å². The molecule has 4 rings (SSSR count). The van der Waals surface area contributed by atoms with Gasteiger partial charge in [0.1, 0.15) is 11.9 Å². The van der Waals surface area contributed by atoms with Crippen molar-refractivity contribution in [2.75, 3.05) is 13.7 Å². The maximum absolute atomic E-state index is 13.0. The summed E-state index contributed by atoms with van der Waals surface area (Å²) in [5.74, 6) is 1.31. The van der Waals surface area contributed by atoms with E-state index in [9.17, 15) is 4.79 Å². The number of methoxy groups -OCH3 is 1. The van der Waals surface area contributed by atoms with Gasteiger partial charge in [0.25, 0.3) is 5.91 Å². The van der Waals surface area contributed by atoms with Crippen LogP contribution in [0.15, 0.2) is 30.7 Å². The fourth-order valence-corrected chi connectivity index (χ4v) is 3.83. The number of hydrogen-bond acceptors (Lipinski definition) is 5. The van der Waals surface area contributed by atoms with E-state index in [1.54, 1.807) is 37.8 Å². The largest absolute Gasteiger partial charge is 0.474 e. The molecule has 1 unspecified atom stereocenters. The lowest BCUT2D eigenvalue weighted by Crippen LogP contribution is -2.32. The fraction of sp³-hybridized carbons (Fsp3) is 0.526. The van der Waals surface area contributed by atoms with Gasteiger partial charge in [0.2, 0.25) is 5.88 Å². The molecule has 2 aromatic rings. The Morgan fingerprint density at radius 1 is 1.23 bits per heavy atom. The number of amides is 1. The summed E-state index contributed by atoms with van der Waals surface area (Å²) in [6.45, 7) is 0.543. The second-order valence-electron chi connectivity index (χ2n) is 6.95. The van der Waals surface area contributed by atoms with Gasteiger partial charge in [-0.05, 0) is 31.7 Å². The number of nitrogens with one attached hydrogen (secondary N) is 1. The van der Waals surface area contributed by atoms with Crippen LogP contribution in [0.1, 0.15) is 54.3 Å². The zero-order valence-electron chi connectivity index (χ0n) is 14.9. The summed E-state index contributed by atoms with van der Waals surface area (Å²) in [5.41, 5.74) is 0.553. The van der Waals surface area contributed by atoms with Crippen LogP contribution < -0.4 is 4.74 Å². The van der Waals surface area contributed by atoms with Crippen molar-refractivity contribution in [3.63, 3.8) is 0 Å². The van der Waals surface area contributed by atoms with Gasteiger partial charge < -0.3 is 19.4 Å². The molecule has 1 N–H and O–H groups in total. The van der Waals surface area contributed by atoms with Crippen LogP contribution in [0.4, 0.5) is 0 Å². The van der Waals surface area contributed by atoms with Gasteiger partial charge in [0, 0.05) is 44.7 Å². The predicted octanol–water partition coefficient (Wildman–Crippen LogP) is 2.73. The molecule has 0 aromatic carbocycles. The summed E-state index contributed by atoms with van der Waals surface area (Å²) in [6, 6.07) is 3.47. The van der Waals surface area contributed by atoms with E-state index in [1.165, 1.54) is 12.8 Å². The van der Waals surface area contributed by atoms with E-state index >= 15 is 0 Å². The number of carbonyl (C=O) groups excluding carboxylic acids is 1. The molecule has 1 aliphatic heterocycles. The predicted molar refractivity (Wildman–Crippen MR) is 94.9 cm³/mol. The van der Waals surface area contributed by atoms with E-state index in [1.807, 2.05) is 4.90 Å². The van der Waals surface area contributed by atoms with Crippen molar-refractivity contribution in [3.05, 3.63) is 42.1 Å². The van der Waals surface area contributed by atoms with Gasteiger partial charge >= 0.3 is 0 Å². The zero-order chi connectivity index (χ0) is 17.9. The van der Waals surface area contributed by atoms with Crippen molar-refractivity contribution in [3.8, 4) is 5.88 Å². The maximum atomic E-state index is 13.0. The fourth-order valence-electron chi connectivity index (χ4n) is 3.83. The third-order valence-electron chi connectivity index (χ3n) is 5.26. The summed E-state index contributed by atoms with van der Waals surface area (Å²) >= 11 is 0. The Morgan fingerprint density at radius 2 is 2.08 bits per heavy atom. The second kappa shape index (κ2) is 7.45. The highest BCUT2D eigenvalue weighted by atomic mass is 16.5. The Labute approximate surface area is 152 Å². The van der Waals surface area contributed by atoms with Crippen molar-refractivity contribution in [2.24, 2.45) is 0 Å². The van der Waals surface area contributed by atoms with Gasteiger partial charge in [-0.25, -0.2) is 9.97 Å². The van der Waals surface area contributed by atoms with Gasteiger partial charge in [-0.1, -0.05) is 0 Å². The number of nitrogens with zero attached hydrogens (tertiary/aromatic N) is 3. The molecule has 1 saturated heterocycles. The number of H-pyrrole nitrogens is 1. The highest BCUT2D eigenvalue weighted by Gasteiger charge is 2.38. The molecule has 1 amide bonds. The molecule has 0 radical (unpaired) electrons. The third-order valence-corrected chi connectivity index (χ3v) is 5.26. The highest BCUT2D eigenvalue weighted by Crippen LogP contribution is 2.33. The van der Waals surface area contributed by atoms with Crippen molar-refractivity contribution >= 4 is 5.91 Å². The molecule has 2 aliphatic rings. The summed E-state index contributed by atoms with van der Waals surface area (Å²) in [7, 11) is 1.68. The summed E-state index contributed by atoms with van der Waals surface area (Å²) in [4.78, 5) is 26.6. The van der Waals surface area contributed by atoms with E-state index in [2.05, 4.69) is 15.0 Å². The Bertz CT molecular complexity index is 726. The number of imidazole rings is 1. The Balaban J connectivity index is 1.48. The smallest absolute Gasteiger partial charge is 0.256 e. The van der Waals surface area contributed by atoms with Crippen molar-refractivity contribution in [1.29, 1.82) is 0 Å². The van der Waals surface area contributed by atoms with Crippen LogP contribution in [0.25, 0.3) is 0 Å². The number of pyridine rings is 1. The monoisotopic (exact) mass is 356 g/mol. The van der Waals surface area contributed by atoms with Crippen LogP contribution in [0.5, 0.6) is 5.88 Å². The number of carbonyl (C=O) groups is 1. The van der Waals surface area contributed by atoms with E-state index in [4.69, 9.17) is 9.47 Å². The van der Waals surface area contributed by atoms with Crippen molar-refractivity contribution in [2.45, 2.75) is 50.4 Å². The zero-order valence-corrected chi connectivity index (χ0v) is 14.9. The molecule has 0 spiro atoms. The maximum Gasteiger partial charge on any atom is 0.256 e. The molecular weight excluding hydrogens is 332 g/mol. The first-order valence-electron chi connectivity index (χ1n) is 9.20. The lowest BCUT2D eigenvalue weighted by molar-refractivity contribution is 0.0684. The normalized spacial score (nSPS) is 23.5. The minimum Gasteiger partial charge on any atom is -0.474 e. The topological polar surface area (TPSA) is 80.3 Å². The molecule has 26 heavy (non-hydrogen) atoms. The molecule has 1 aliphatic carbocycles. The number of likely N-dealkylation sites (tertiary alicyclic amines) is 1. The second-order valence-corrected chi connectivity index (χ2v) is 6.95. The lowest BCUT2D eigenvalue weighted by atomic mass is 10.1. The first kappa shape index (κ1) is 17.0. The number of aromatic nitrogens is 3. The number of rotatable bonds is 5. The minimum atomic E-state index is -0.114. The molecule has 2 fully saturated rings. The van der Waals surface area contributed by atoms with Crippen LogP contribution in [0.2, 0.25) is 0 Å². The molecule has 2 atom stereocenters. The van der Waals surface area contributed by atoms with Gasteiger partial charge in [0.05, 0.1) is 17.7 Å². The summed E-state index contributed by atoms with van der Waals surface area (Å²) < 4.78 is 11.4. The Hall–Kier alpha value is -2.41. The van der Waals surface area contributed by atoms with Gasteiger partial charge in [-0.2, -0.15) is 0 Å². The minimum absolute atomic E-state index is 0.00647. The van der Waals surface area contributed by atoms with Crippen LogP contribution >= 0.6 is 0 Å². The number of aromatic amines is 1. The molecule has 138 valence electrons. The standard InChI is InChI=1S/C19H24N4O3/c1-25-15-10-16(18-20-8-9-21-18)23(12-15)19(24)13-6-7-17(22-11-13)26-14-4-2-3-5-14/h6-9,11,14-16H,2-5,10,12H2,1H3,(H,20,21)/t15-,16?/m1/s1. The van der Waals surface area contributed by atoms with Gasteiger partial charge in [-0.3, -0.25) is 4.79 Å². The Kier molecular flexibility index (Phi) is 4.88. The molecule has 7 nitrogen and oxygen atoms in total. The van der Waals surface area contributed by atoms with Gasteiger partial charge in [-0.15, -0.1) is 0 Å². The summed E-state index contributed by atoms with van der Waals surface area (Å²) in [5, 5.41) is 0. The van der Waals surface area contributed by atoms with E-state index in [0.29, 0.717) is 18.0 Å². The molecule has 2 aromatic heterocycles. The van der Waals surface area contributed by atoms with E-state index in [-0.39, 0.29) is 24.2 Å². The van der Waals surface area contributed by atoms with Crippen molar-refractivity contribution in [1.82, 2.24) is 19.9 Å². The molecule has 3 heterocycles. The van der Waals surface area contributed by atoms with Crippen LogP contribution in [0.3, 0.4) is 0 Å². The first-order valence-corrected chi connectivity index (χ1v) is 9.20. The SMILES string of the molecule is CO[C@@H]1CC(c2ncc[nH]2)N(C(=O)c2ccc(OC3CCCC3)nc2)C1. The third kappa shape index (κ3) is 3.44. The molecule has 7 heteroatoms. The summed E-state index contributed by atoms with van der Waals surface area (Å²) in [6.07, 6.45) is 10.7.